The SMILES string of the molecule is O=C(Cc1ccc(Cl)c(Cl)c1)Cc1c(F)cccc1Cl. The number of rotatable bonds is 4. The van der Waals surface area contributed by atoms with Crippen LogP contribution in [-0.2, 0) is 17.6 Å². The zero-order valence-corrected chi connectivity index (χ0v) is 12.6. The summed E-state index contributed by atoms with van der Waals surface area (Å²) in [5.41, 5.74) is 0.955. The van der Waals surface area contributed by atoms with Gasteiger partial charge >= 0.3 is 0 Å². The summed E-state index contributed by atoms with van der Waals surface area (Å²) in [6, 6.07) is 9.33. The van der Waals surface area contributed by atoms with Gasteiger partial charge in [0.2, 0.25) is 0 Å². The number of Topliss-reactive ketones (excluding diaryl/α,β-unsaturated/α-hetero) is 1. The summed E-state index contributed by atoms with van der Waals surface area (Å²) < 4.78 is 13.6. The average molecular weight is 332 g/mol. The van der Waals surface area contributed by atoms with Crippen molar-refractivity contribution >= 4 is 40.6 Å². The molecule has 2 aromatic rings. The molecule has 0 bridgehead atoms. The van der Waals surface area contributed by atoms with Crippen LogP contribution in [0.1, 0.15) is 11.1 Å². The van der Waals surface area contributed by atoms with Crippen LogP contribution in [0.15, 0.2) is 36.4 Å². The van der Waals surface area contributed by atoms with Gasteiger partial charge in [0.15, 0.2) is 0 Å². The average Bonchev–Trinajstić information content (AvgIpc) is 2.38. The van der Waals surface area contributed by atoms with Crippen LogP contribution in [0, 0.1) is 5.82 Å². The van der Waals surface area contributed by atoms with Gasteiger partial charge in [0.25, 0.3) is 0 Å². The smallest absolute Gasteiger partial charge is 0.141 e. The maximum absolute atomic E-state index is 13.6. The molecule has 0 saturated heterocycles. The van der Waals surface area contributed by atoms with Gasteiger partial charge in [-0.3, -0.25) is 4.79 Å². The summed E-state index contributed by atoms with van der Waals surface area (Å²) in [6.07, 6.45) is 0.104. The topological polar surface area (TPSA) is 17.1 Å². The van der Waals surface area contributed by atoms with Crippen molar-refractivity contribution in [2.75, 3.05) is 0 Å². The quantitative estimate of drug-likeness (QED) is 0.758. The van der Waals surface area contributed by atoms with Crippen molar-refractivity contribution in [2.45, 2.75) is 12.8 Å². The first-order chi connectivity index (χ1) is 9.47. The number of carbonyl (C=O) groups excluding carboxylic acids is 1. The second kappa shape index (κ2) is 6.57. The molecule has 0 unspecified atom stereocenters. The second-order valence-corrected chi connectivity index (χ2v) is 5.56. The number of ketones is 1. The van der Waals surface area contributed by atoms with Gasteiger partial charge in [-0.05, 0) is 29.8 Å². The molecule has 0 fully saturated rings. The Morgan fingerprint density at radius 1 is 0.950 bits per heavy atom. The minimum absolute atomic E-state index is 0.0498. The summed E-state index contributed by atoms with van der Waals surface area (Å²) in [7, 11) is 0. The number of halogens is 4. The molecule has 104 valence electrons. The fraction of sp³-hybridized carbons (Fsp3) is 0.133. The van der Waals surface area contributed by atoms with E-state index in [1.165, 1.54) is 12.1 Å². The molecule has 0 aliphatic rings. The van der Waals surface area contributed by atoms with E-state index in [0.717, 1.165) is 5.56 Å². The minimum Gasteiger partial charge on any atom is -0.299 e. The fourth-order valence-corrected chi connectivity index (χ4v) is 2.39. The van der Waals surface area contributed by atoms with Crippen molar-refractivity contribution in [2.24, 2.45) is 0 Å². The fourth-order valence-electron chi connectivity index (χ4n) is 1.84. The molecule has 0 spiro atoms. The van der Waals surface area contributed by atoms with Crippen LogP contribution in [0.3, 0.4) is 0 Å². The normalized spacial score (nSPS) is 10.6. The first-order valence-electron chi connectivity index (χ1n) is 5.86. The van der Waals surface area contributed by atoms with Gasteiger partial charge in [-0.1, -0.05) is 46.9 Å². The molecule has 0 aliphatic heterocycles. The first kappa shape index (κ1) is 15.3. The van der Waals surface area contributed by atoms with Crippen LogP contribution >= 0.6 is 34.8 Å². The van der Waals surface area contributed by atoms with Crippen LogP contribution in [0.4, 0.5) is 4.39 Å². The Kier molecular flexibility index (Phi) is 5.03. The van der Waals surface area contributed by atoms with E-state index in [4.69, 9.17) is 34.8 Å². The third kappa shape index (κ3) is 3.72. The number of carbonyl (C=O) groups is 1. The number of benzene rings is 2. The lowest BCUT2D eigenvalue weighted by Crippen LogP contribution is -2.08. The van der Waals surface area contributed by atoms with Crippen LogP contribution in [0.2, 0.25) is 15.1 Å². The predicted molar refractivity (Wildman–Crippen MR) is 80.3 cm³/mol. The molecule has 0 N–H and O–H groups in total. The summed E-state index contributed by atoms with van der Waals surface area (Å²) in [5, 5.41) is 1.08. The molecule has 1 nitrogen and oxygen atoms in total. The Bertz CT molecular complexity index is 635. The standard InChI is InChI=1S/C15H10Cl3FO/c16-12-2-1-3-15(19)11(12)8-10(20)6-9-4-5-13(17)14(18)7-9/h1-5,7H,6,8H2. The van der Waals surface area contributed by atoms with Crippen LogP contribution in [0.5, 0.6) is 0 Å². The monoisotopic (exact) mass is 330 g/mol. The third-order valence-electron chi connectivity index (χ3n) is 2.82. The van der Waals surface area contributed by atoms with E-state index in [1.807, 2.05) is 0 Å². The number of hydrogen-bond acceptors (Lipinski definition) is 1. The largest absolute Gasteiger partial charge is 0.299 e. The molecule has 0 saturated carbocycles. The Morgan fingerprint density at radius 3 is 2.35 bits per heavy atom. The van der Waals surface area contributed by atoms with Gasteiger partial charge in [0, 0.05) is 23.4 Å². The Morgan fingerprint density at radius 2 is 1.70 bits per heavy atom. The van der Waals surface area contributed by atoms with Crippen molar-refractivity contribution in [1.29, 1.82) is 0 Å². The van der Waals surface area contributed by atoms with Gasteiger partial charge in [0.05, 0.1) is 10.0 Å². The van der Waals surface area contributed by atoms with Crippen molar-refractivity contribution in [3.8, 4) is 0 Å². The van der Waals surface area contributed by atoms with E-state index in [-0.39, 0.29) is 29.2 Å². The summed E-state index contributed by atoms with van der Waals surface area (Å²) in [6.45, 7) is 0. The zero-order valence-electron chi connectivity index (χ0n) is 10.3. The van der Waals surface area contributed by atoms with E-state index in [0.29, 0.717) is 10.0 Å². The first-order valence-corrected chi connectivity index (χ1v) is 6.99. The van der Waals surface area contributed by atoms with Gasteiger partial charge in [0.1, 0.15) is 11.6 Å². The lowest BCUT2D eigenvalue weighted by Gasteiger charge is -2.06. The molecular weight excluding hydrogens is 322 g/mol. The maximum atomic E-state index is 13.6. The molecule has 2 aromatic carbocycles. The summed E-state index contributed by atoms with van der Waals surface area (Å²) in [4.78, 5) is 12.0. The molecule has 0 atom stereocenters. The highest BCUT2D eigenvalue weighted by molar-refractivity contribution is 6.42. The Hall–Kier alpha value is -1.09. The molecule has 0 aliphatic carbocycles. The lowest BCUT2D eigenvalue weighted by molar-refractivity contribution is -0.117. The van der Waals surface area contributed by atoms with Crippen molar-refractivity contribution in [3.63, 3.8) is 0 Å². The Labute approximate surface area is 131 Å². The third-order valence-corrected chi connectivity index (χ3v) is 3.91. The van der Waals surface area contributed by atoms with E-state index in [2.05, 4.69) is 0 Å². The second-order valence-electron chi connectivity index (χ2n) is 4.34. The van der Waals surface area contributed by atoms with Crippen LogP contribution in [-0.4, -0.2) is 5.78 Å². The van der Waals surface area contributed by atoms with Gasteiger partial charge in [-0.15, -0.1) is 0 Å². The molecule has 0 heterocycles. The van der Waals surface area contributed by atoms with Crippen molar-refractivity contribution < 1.29 is 9.18 Å². The van der Waals surface area contributed by atoms with Crippen molar-refractivity contribution in [1.82, 2.24) is 0 Å². The van der Waals surface area contributed by atoms with Gasteiger partial charge < -0.3 is 0 Å². The molecule has 2 rings (SSSR count). The highest BCUT2D eigenvalue weighted by Gasteiger charge is 2.13. The molecule has 0 aromatic heterocycles. The highest BCUT2D eigenvalue weighted by atomic mass is 35.5. The van der Waals surface area contributed by atoms with Crippen LogP contribution in [0.25, 0.3) is 0 Å². The van der Waals surface area contributed by atoms with E-state index in [1.54, 1.807) is 24.3 Å². The zero-order chi connectivity index (χ0) is 14.7. The van der Waals surface area contributed by atoms with Crippen LogP contribution < -0.4 is 0 Å². The summed E-state index contributed by atoms with van der Waals surface area (Å²) in [5.74, 6) is -0.615. The molecule has 0 radical (unpaired) electrons. The maximum Gasteiger partial charge on any atom is 0.141 e. The van der Waals surface area contributed by atoms with E-state index < -0.39 is 5.82 Å². The van der Waals surface area contributed by atoms with E-state index >= 15 is 0 Å². The predicted octanol–water partition coefficient (Wildman–Crippen LogP) is 5.14. The number of hydrogen-bond donors (Lipinski definition) is 0. The van der Waals surface area contributed by atoms with Crippen molar-refractivity contribution in [3.05, 3.63) is 68.4 Å². The minimum atomic E-state index is -0.472. The van der Waals surface area contributed by atoms with Gasteiger partial charge in [-0.25, -0.2) is 4.39 Å². The lowest BCUT2D eigenvalue weighted by atomic mass is 10.0. The highest BCUT2D eigenvalue weighted by Crippen LogP contribution is 2.24. The van der Waals surface area contributed by atoms with E-state index in [9.17, 15) is 9.18 Å². The van der Waals surface area contributed by atoms with Gasteiger partial charge in [-0.2, -0.15) is 0 Å². The molecular formula is C15H10Cl3FO. The Balaban J connectivity index is 2.11. The molecule has 5 heteroatoms. The molecule has 20 heavy (non-hydrogen) atoms. The molecule has 0 amide bonds. The summed E-state index contributed by atoms with van der Waals surface area (Å²) >= 11 is 17.6.